The maximum Gasteiger partial charge on any atom is 0.392 e. The van der Waals surface area contributed by atoms with Gasteiger partial charge in [0, 0.05) is 17.2 Å². The lowest BCUT2D eigenvalue weighted by atomic mass is 10.1. The topological polar surface area (TPSA) is 54.5 Å². The lowest BCUT2D eigenvalue weighted by Gasteiger charge is -1.91. The Morgan fingerprint density at radius 3 is 2.93 bits per heavy atom. The first-order valence-corrected chi connectivity index (χ1v) is 4.46. The molecule has 0 saturated heterocycles. The molecule has 0 N–H and O–H groups in total. The molecule has 1 aromatic rings. The van der Waals surface area contributed by atoms with Crippen molar-refractivity contribution in [3.63, 3.8) is 0 Å². The molecular formula is C10H8ClN2O2+. The zero-order valence-electron chi connectivity index (χ0n) is 7.98. The van der Waals surface area contributed by atoms with Gasteiger partial charge < -0.3 is 4.74 Å². The standard InChI is InChI=1S/C10H8ClN2O2/c1-15-10(14)5-2-7-6-8(11)3-4-9(7)13-12/h2-6H,1H3/q+1/b5-2+. The highest BCUT2D eigenvalue weighted by Crippen LogP contribution is 2.24. The minimum atomic E-state index is -0.487. The lowest BCUT2D eigenvalue weighted by Crippen LogP contribution is -1.93. The van der Waals surface area contributed by atoms with Crippen molar-refractivity contribution in [3.8, 4) is 0 Å². The number of rotatable bonds is 2. The molecule has 0 atom stereocenters. The first-order chi connectivity index (χ1) is 7.17. The van der Waals surface area contributed by atoms with E-state index in [0.29, 0.717) is 16.3 Å². The second-order valence-corrected chi connectivity index (χ2v) is 3.10. The van der Waals surface area contributed by atoms with Gasteiger partial charge in [-0.2, -0.15) is 0 Å². The average Bonchev–Trinajstić information content (AvgIpc) is 2.26. The number of carbonyl (C=O) groups is 1. The fourth-order valence-electron chi connectivity index (χ4n) is 0.976. The molecule has 0 aromatic heterocycles. The van der Waals surface area contributed by atoms with Crippen LogP contribution in [0.3, 0.4) is 0 Å². The number of ether oxygens (including phenoxy) is 1. The van der Waals surface area contributed by atoms with Gasteiger partial charge in [0.15, 0.2) is 4.98 Å². The third kappa shape index (κ3) is 3.08. The predicted octanol–water partition coefficient (Wildman–Crippen LogP) is 3.01. The number of carbonyl (C=O) groups excluding carboxylic acids is 1. The van der Waals surface area contributed by atoms with Crippen LogP contribution >= 0.6 is 11.6 Å². The number of nitrogens with zero attached hydrogens (tertiary/aromatic N) is 2. The molecule has 0 heterocycles. The van der Waals surface area contributed by atoms with E-state index in [-0.39, 0.29) is 0 Å². The lowest BCUT2D eigenvalue weighted by molar-refractivity contribution is -0.134. The molecule has 0 unspecified atom stereocenters. The van der Waals surface area contributed by atoms with E-state index in [2.05, 4.69) is 9.71 Å². The van der Waals surface area contributed by atoms with Gasteiger partial charge in [-0.25, -0.2) is 4.79 Å². The van der Waals surface area contributed by atoms with E-state index in [1.807, 2.05) is 0 Å². The highest BCUT2D eigenvalue weighted by Gasteiger charge is 2.11. The van der Waals surface area contributed by atoms with Crippen molar-refractivity contribution in [1.29, 1.82) is 5.39 Å². The van der Waals surface area contributed by atoms with Gasteiger partial charge in [0.25, 0.3) is 0 Å². The SMILES string of the molecule is COC(=O)/C=C/c1cc(Cl)ccc1[N+]#N. The number of esters is 1. The Morgan fingerprint density at radius 2 is 2.33 bits per heavy atom. The predicted molar refractivity (Wildman–Crippen MR) is 57.2 cm³/mol. The summed E-state index contributed by atoms with van der Waals surface area (Å²) in [6.07, 6.45) is 2.69. The summed E-state index contributed by atoms with van der Waals surface area (Å²) in [6, 6.07) is 4.71. The summed E-state index contributed by atoms with van der Waals surface area (Å²) >= 11 is 5.75. The minimum absolute atomic E-state index is 0.333. The van der Waals surface area contributed by atoms with Crippen LogP contribution in [0.15, 0.2) is 24.3 Å². The van der Waals surface area contributed by atoms with E-state index in [4.69, 9.17) is 17.0 Å². The summed E-state index contributed by atoms with van der Waals surface area (Å²) in [5, 5.41) is 9.16. The molecule has 1 rings (SSSR count). The largest absolute Gasteiger partial charge is 0.466 e. The molecule has 0 aliphatic rings. The number of diazo groups is 1. The molecule has 4 nitrogen and oxygen atoms in total. The molecule has 1 aromatic carbocycles. The maximum atomic E-state index is 10.8. The van der Waals surface area contributed by atoms with Crippen molar-refractivity contribution >= 4 is 29.3 Å². The van der Waals surface area contributed by atoms with E-state index >= 15 is 0 Å². The number of benzene rings is 1. The van der Waals surface area contributed by atoms with Crippen molar-refractivity contribution in [1.82, 2.24) is 0 Å². The number of hydrogen-bond donors (Lipinski definition) is 0. The van der Waals surface area contributed by atoms with Gasteiger partial charge in [-0.3, -0.25) is 0 Å². The molecule has 76 valence electrons. The van der Waals surface area contributed by atoms with Gasteiger partial charge in [-0.05, 0) is 18.2 Å². The third-order valence-corrected chi connectivity index (χ3v) is 1.93. The summed E-state index contributed by atoms with van der Waals surface area (Å²) < 4.78 is 4.42. The van der Waals surface area contributed by atoms with E-state index in [1.54, 1.807) is 18.2 Å². The summed E-state index contributed by atoms with van der Waals surface area (Å²) in [5.41, 5.74) is 0.870. The third-order valence-electron chi connectivity index (χ3n) is 1.70. The molecule has 0 bridgehead atoms. The van der Waals surface area contributed by atoms with Crippen molar-refractivity contribution in [2.45, 2.75) is 0 Å². The zero-order chi connectivity index (χ0) is 11.3. The average molecular weight is 224 g/mol. The highest BCUT2D eigenvalue weighted by atomic mass is 35.5. The maximum absolute atomic E-state index is 10.8. The molecule has 0 aliphatic heterocycles. The normalized spacial score (nSPS) is 9.93. The molecule has 0 amide bonds. The van der Waals surface area contributed by atoms with Crippen LogP contribution < -0.4 is 0 Å². The molecule has 5 heteroatoms. The van der Waals surface area contributed by atoms with Crippen molar-refractivity contribution in [3.05, 3.63) is 39.8 Å². The fourth-order valence-corrected chi connectivity index (χ4v) is 1.16. The second-order valence-electron chi connectivity index (χ2n) is 2.66. The Bertz CT molecular complexity index is 449. The Hall–Kier alpha value is -1.86. The molecule has 0 saturated carbocycles. The summed E-state index contributed by atoms with van der Waals surface area (Å²) in [6.45, 7) is 0. The second kappa shape index (κ2) is 5.13. The first-order valence-electron chi connectivity index (χ1n) is 4.08. The van der Waals surface area contributed by atoms with Gasteiger partial charge >= 0.3 is 11.7 Å². The summed E-state index contributed by atoms with van der Waals surface area (Å²) in [4.78, 5) is 13.9. The molecular weight excluding hydrogens is 216 g/mol. The van der Waals surface area contributed by atoms with Gasteiger partial charge in [-0.15, -0.1) is 0 Å². The van der Waals surface area contributed by atoms with E-state index < -0.39 is 5.97 Å². The van der Waals surface area contributed by atoms with Gasteiger partial charge in [0.2, 0.25) is 5.39 Å². The smallest absolute Gasteiger partial charge is 0.392 e. The molecule has 0 aliphatic carbocycles. The molecule has 0 radical (unpaired) electrons. The molecule has 0 spiro atoms. The van der Waals surface area contributed by atoms with Gasteiger partial charge in [-0.1, -0.05) is 11.6 Å². The van der Waals surface area contributed by atoms with Crippen LogP contribution in [0.25, 0.3) is 11.1 Å². The Morgan fingerprint density at radius 1 is 1.60 bits per heavy atom. The van der Waals surface area contributed by atoms with Crippen molar-refractivity contribution < 1.29 is 9.53 Å². The quantitative estimate of drug-likeness (QED) is 0.440. The Balaban J connectivity index is 3.03. The molecule has 15 heavy (non-hydrogen) atoms. The Kier molecular flexibility index (Phi) is 3.83. The number of halogens is 1. The van der Waals surface area contributed by atoms with Crippen molar-refractivity contribution in [2.75, 3.05) is 7.11 Å². The van der Waals surface area contributed by atoms with Crippen LogP contribution in [0.1, 0.15) is 5.56 Å². The van der Waals surface area contributed by atoms with Crippen molar-refractivity contribution in [2.24, 2.45) is 0 Å². The van der Waals surface area contributed by atoms with Crippen LogP contribution in [0.5, 0.6) is 0 Å². The van der Waals surface area contributed by atoms with E-state index in [9.17, 15) is 4.79 Å². The van der Waals surface area contributed by atoms with E-state index in [1.165, 1.54) is 19.3 Å². The van der Waals surface area contributed by atoms with Crippen LogP contribution in [0.4, 0.5) is 5.69 Å². The number of hydrogen-bond acceptors (Lipinski definition) is 3. The minimum Gasteiger partial charge on any atom is -0.466 e. The van der Waals surface area contributed by atoms with Crippen LogP contribution in [-0.4, -0.2) is 13.1 Å². The fraction of sp³-hybridized carbons (Fsp3) is 0.100. The summed E-state index contributed by atoms with van der Waals surface area (Å²) in [7, 11) is 1.28. The number of methoxy groups -OCH3 is 1. The van der Waals surface area contributed by atoms with Crippen LogP contribution in [0, 0.1) is 5.39 Å². The van der Waals surface area contributed by atoms with E-state index in [0.717, 1.165) is 0 Å². The monoisotopic (exact) mass is 223 g/mol. The highest BCUT2D eigenvalue weighted by molar-refractivity contribution is 6.30. The summed E-state index contributed by atoms with van der Waals surface area (Å²) in [5.74, 6) is -0.487. The Labute approximate surface area is 91.7 Å². The van der Waals surface area contributed by atoms with Gasteiger partial charge in [0.1, 0.15) is 0 Å². The van der Waals surface area contributed by atoms with Crippen LogP contribution in [0.2, 0.25) is 5.02 Å². The van der Waals surface area contributed by atoms with Crippen LogP contribution in [-0.2, 0) is 9.53 Å². The first kappa shape index (κ1) is 11.2. The molecule has 0 fully saturated rings. The van der Waals surface area contributed by atoms with Gasteiger partial charge in [0.05, 0.1) is 12.7 Å². The zero-order valence-corrected chi connectivity index (χ0v) is 8.73.